The maximum atomic E-state index is 12.1. The fraction of sp³-hybridized carbons (Fsp3) is 0.118. The van der Waals surface area contributed by atoms with Crippen LogP contribution < -0.4 is 11.3 Å². The minimum Gasteiger partial charge on any atom is -0.399 e. The monoisotopic (exact) mass is 264 g/mol. The molecule has 3 nitrogen and oxygen atoms in total. The van der Waals surface area contributed by atoms with Crippen LogP contribution in [0, 0.1) is 0 Å². The van der Waals surface area contributed by atoms with Crippen LogP contribution in [0.3, 0.4) is 0 Å². The third-order valence-electron chi connectivity index (χ3n) is 3.50. The molecule has 0 aliphatic rings. The minimum absolute atomic E-state index is 0.0409. The van der Waals surface area contributed by atoms with Crippen molar-refractivity contribution >= 4 is 16.6 Å². The Morgan fingerprint density at radius 1 is 0.900 bits per heavy atom. The molecule has 0 aliphatic heterocycles. The molecular weight excluding hydrogens is 248 g/mol. The maximum Gasteiger partial charge on any atom is 0.251 e. The van der Waals surface area contributed by atoms with Crippen LogP contribution in [0.5, 0.6) is 0 Å². The number of aryl methyl sites for hydroxylation is 2. The number of fused-ring (bicyclic) bond motifs is 1. The van der Waals surface area contributed by atoms with Gasteiger partial charge in [-0.15, -0.1) is 0 Å². The standard InChI is InChI=1S/C17H16N2O/c18-15-8-5-13(6-9-15)11-12-19-16-4-2-1-3-14(16)7-10-17(19)20/h1-10H,11-12,18H2. The van der Waals surface area contributed by atoms with Gasteiger partial charge in [0, 0.05) is 18.3 Å². The number of aromatic nitrogens is 1. The van der Waals surface area contributed by atoms with Gasteiger partial charge in [-0.1, -0.05) is 30.3 Å². The van der Waals surface area contributed by atoms with Gasteiger partial charge in [0.1, 0.15) is 0 Å². The summed E-state index contributed by atoms with van der Waals surface area (Å²) in [5, 5.41) is 1.09. The molecule has 20 heavy (non-hydrogen) atoms. The lowest BCUT2D eigenvalue weighted by atomic mass is 10.1. The fourth-order valence-corrected chi connectivity index (χ4v) is 2.40. The number of nitrogens with zero attached hydrogens (tertiary/aromatic N) is 1. The lowest BCUT2D eigenvalue weighted by molar-refractivity contribution is 0.695. The molecule has 0 amide bonds. The molecule has 0 bridgehead atoms. The first-order chi connectivity index (χ1) is 9.74. The third-order valence-corrected chi connectivity index (χ3v) is 3.50. The van der Waals surface area contributed by atoms with Gasteiger partial charge in [0.2, 0.25) is 0 Å². The lowest BCUT2D eigenvalue weighted by Gasteiger charge is -2.10. The van der Waals surface area contributed by atoms with Gasteiger partial charge in [-0.3, -0.25) is 4.79 Å². The van der Waals surface area contributed by atoms with Gasteiger partial charge >= 0.3 is 0 Å². The van der Waals surface area contributed by atoms with Gasteiger partial charge in [0.25, 0.3) is 5.56 Å². The molecule has 0 aliphatic carbocycles. The first kappa shape index (κ1) is 12.5. The number of pyridine rings is 1. The van der Waals surface area contributed by atoms with Gasteiger partial charge in [0.05, 0.1) is 5.52 Å². The highest BCUT2D eigenvalue weighted by Gasteiger charge is 2.02. The molecule has 1 aromatic heterocycles. The van der Waals surface area contributed by atoms with E-state index in [1.165, 1.54) is 5.56 Å². The summed E-state index contributed by atoms with van der Waals surface area (Å²) in [5.74, 6) is 0. The smallest absolute Gasteiger partial charge is 0.251 e. The summed E-state index contributed by atoms with van der Waals surface area (Å²) in [6, 6.07) is 19.2. The van der Waals surface area contributed by atoms with Gasteiger partial charge in [-0.2, -0.15) is 0 Å². The second-order valence-electron chi connectivity index (χ2n) is 4.87. The van der Waals surface area contributed by atoms with Crippen molar-refractivity contribution in [1.82, 2.24) is 4.57 Å². The van der Waals surface area contributed by atoms with Crippen molar-refractivity contribution in [3.63, 3.8) is 0 Å². The van der Waals surface area contributed by atoms with Crippen molar-refractivity contribution in [3.8, 4) is 0 Å². The number of para-hydroxylation sites is 1. The zero-order valence-electron chi connectivity index (χ0n) is 11.1. The second-order valence-corrected chi connectivity index (χ2v) is 4.87. The van der Waals surface area contributed by atoms with Crippen LogP contribution in [-0.4, -0.2) is 4.57 Å². The van der Waals surface area contributed by atoms with E-state index < -0.39 is 0 Å². The largest absolute Gasteiger partial charge is 0.399 e. The highest BCUT2D eigenvalue weighted by Crippen LogP contribution is 2.12. The molecule has 2 aromatic carbocycles. The van der Waals surface area contributed by atoms with E-state index in [2.05, 4.69) is 0 Å². The van der Waals surface area contributed by atoms with E-state index in [9.17, 15) is 4.79 Å². The Morgan fingerprint density at radius 3 is 2.45 bits per heavy atom. The summed E-state index contributed by atoms with van der Waals surface area (Å²) >= 11 is 0. The molecule has 0 unspecified atom stereocenters. The van der Waals surface area contributed by atoms with Crippen LogP contribution >= 0.6 is 0 Å². The number of rotatable bonds is 3. The highest BCUT2D eigenvalue weighted by molar-refractivity contribution is 5.78. The predicted molar refractivity (Wildman–Crippen MR) is 82.8 cm³/mol. The molecule has 3 heteroatoms. The second kappa shape index (κ2) is 5.21. The first-order valence-corrected chi connectivity index (χ1v) is 6.67. The van der Waals surface area contributed by atoms with Crippen molar-refractivity contribution < 1.29 is 0 Å². The molecule has 0 saturated carbocycles. The van der Waals surface area contributed by atoms with E-state index in [-0.39, 0.29) is 5.56 Å². The first-order valence-electron chi connectivity index (χ1n) is 6.67. The van der Waals surface area contributed by atoms with Crippen LogP contribution in [0.1, 0.15) is 5.56 Å². The normalized spacial score (nSPS) is 10.8. The Hall–Kier alpha value is -2.55. The quantitative estimate of drug-likeness (QED) is 0.739. The topological polar surface area (TPSA) is 48.0 Å². The summed E-state index contributed by atoms with van der Waals surface area (Å²) in [6.07, 6.45) is 0.814. The summed E-state index contributed by atoms with van der Waals surface area (Å²) in [7, 11) is 0. The van der Waals surface area contributed by atoms with Crippen LogP contribution in [0.25, 0.3) is 10.9 Å². The SMILES string of the molecule is Nc1ccc(CCn2c(=O)ccc3ccccc32)cc1. The van der Waals surface area contributed by atoms with E-state index in [1.807, 2.05) is 59.2 Å². The number of nitrogen functional groups attached to an aromatic ring is 1. The third kappa shape index (κ3) is 2.43. The Kier molecular flexibility index (Phi) is 3.25. The average Bonchev–Trinajstić information content (AvgIpc) is 2.48. The average molecular weight is 264 g/mol. The zero-order chi connectivity index (χ0) is 13.9. The molecule has 0 saturated heterocycles. The van der Waals surface area contributed by atoms with E-state index in [1.54, 1.807) is 6.07 Å². The van der Waals surface area contributed by atoms with Crippen molar-refractivity contribution in [1.29, 1.82) is 0 Å². The molecule has 0 atom stereocenters. The molecule has 0 fully saturated rings. The van der Waals surface area contributed by atoms with E-state index in [4.69, 9.17) is 5.73 Å². The summed E-state index contributed by atoms with van der Waals surface area (Å²) in [4.78, 5) is 12.1. The molecule has 0 radical (unpaired) electrons. The van der Waals surface area contributed by atoms with Crippen LogP contribution in [0.15, 0.2) is 65.5 Å². The zero-order valence-corrected chi connectivity index (χ0v) is 11.1. The molecule has 1 heterocycles. The maximum absolute atomic E-state index is 12.1. The van der Waals surface area contributed by atoms with E-state index >= 15 is 0 Å². The summed E-state index contributed by atoms with van der Waals surface area (Å²) in [5.41, 5.74) is 8.64. The highest BCUT2D eigenvalue weighted by atomic mass is 16.1. The van der Waals surface area contributed by atoms with Crippen LogP contribution in [-0.2, 0) is 13.0 Å². The fourth-order valence-electron chi connectivity index (χ4n) is 2.40. The number of anilines is 1. The summed E-state index contributed by atoms with van der Waals surface area (Å²) in [6.45, 7) is 0.671. The minimum atomic E-state index is 0.0409. The van der Waals surface area contributed by atoms with Crippen molar-refractivity contribution in [2.75, 3.05) is 5.73 Å². The van der Waals surface area contributed by atoms with Gasteiger partial charge in [-0.05, 0) is 41.6 Å². The Labute approximate surface area is 117 Å². The van der Waals surface area contributed by atoms with Crippen molar-refractivity contribution in [2.45, 2.75) is 13.0 Å². The summed E-state index contributed by atoms with van der Waals surface area (Å²) < 4.78 is 1.83. The number of hydrogen-bond donors (Lipinski definition) is 1. The molecule has 100 valence electrons. The number of hydrogen-bond acceptors (Lipinski definition) is 2. The molecule has 3 rings (SSSR count). The van der Waals surface area contributed by atoms with Crippen LogP contribution in [0.4, 0.5) is 5.69 Å². The predicted octanol–water partition coefficient (Wildman–Crippen LogP) is 2.83. The van der Waals surface area contributed by atoms with Crippen molar-refractivity contribution in [2.24, 2.45) is 0 Å². The van der Waals surface area contributed by atoms with E-state index in [0.29, 0.717) is 6.54 Å². The molecular formula is C17H16N2O. The lowest BCUT2D eigenvalue weighted by Crippen LogP contribution is -2.20. The Bertz CT molecular complexity index is 788. The van der Waals surface area contributed by atoms with Gasteiger partial charge in [-0.25, -0.2) is 0 Å². The molecule has 0 spiro atoms. The Balaban J connectivity index is 1.92. The van der Waals surface area contributed by atoms with E-state index in [0.717, 1.165) is 23.0 Å². The number of benzene rings is 2. The Morgan fingerprint density at radius 2 is 1.65 bits per heavy atom. The molecule has 2 N–H and O–H groups in total. The van der Waals surface area contributed by atoms with Gasteiger partial charge in [0.15, 0.2) is 0 Å². The van der Waals surface area contributed by atoms with Gasteiger partial charge < -0.3 is 10.3 Å². The van der Waals surface area contributed by atoms with Crippen molar-refractivity contribution in [3.05, 3.63) is 76.6 Å². The number of nitrogens with two attached hydrogens (primary N) is 1. The van der Waals surface area contributed by atoms with Crippen LogP contribution in [0.2, 0.25) is 0 Å². The molecule has 3 aromatic rings.